The third-order valence-electron chi connectivity index (χ3n) is 12.6. The zero-order chi connectivity index (χ0) is 45.1. The molecular formula is C57H46N2O6. The lowest BCUT2D eigenvalue weighted by Crippen LogP contribution is -2.10. The maximum Gasteiger partial charge on any atom is 0.208 e. The van der Waals surface area contributed by atoms with E-state index < -0.39 is 28.7 Å². The van der Waals surface area contributed by atoms with E-state index in [2.05, 4.69) is 103 Å². The molecule has 0 saturated heterocycles. The lowest BCUT2D eigenvalue weighted by molar-refractivity contribution is 0.329. The van der Waals surface area contributed by atoms with Crippen LogP contribution in [0.1, 0.15) is 37.8 Å². The molecule has 5 N–H and O–H groups in total. The van der Waals surface area contributed by atoms with Crippen LogP contribution in [0.4, 0.5) is 17.1 Å². The fourth-order valence-corrected chi connectivity index (χ4v) is 9.69. The van der Waals surface area contributed by atoms with Crippen molar-refractivity contribution in [1.29, 1.82) is 0 Å². The normalized spacial score (nSPS) is 12.7. The number of hydrogen-bond donors (Lipinski definition) is 5. The van der Waals surface area contributed by atoms with E-state index in [1.54, 1.807) is 12.1 Å². The minimum absolute atomic E-state index is 0.310. The second-order valence-electron chi connectivity index (χ2n) is 16.0. The van der Waals surface area contributed by atoms with Crippen molar-refractivity contribution in [2.45, 2.75) is 33.1 Å². The van der Waals surface area contributed by atoms with E-state index in [1.165, 1.54) is 54.5 Å². The van der Waals surface area contributed by atoms with Gasteiger partial charge in [0, 0.05) is 38.6 Å². The van der Waals surface area contributed by atoms with E-state index in [4.69, 9.17) is 4.42 Å². The fourth-order valence-electron chi connectivity index (χ4n) is 9.69. The summed E-state index contributed by atoms with van der Waals surface area (Å²) in [6.45, 7) is 10.0. The van der Waals surface area contributed by atoms with Gasteiger partial charge in [-0.05, 0) is 130 Å². The summed E-state index contributed by atoms with van der Waals surface area (Å²) >= 11 is 0. The standard InChI is InChI=1S/C53H36N2O6.C2H6.C2H4/c56-49-48(50(57)52(59)53(60)51(49)58)54(36-21-23-46-42(27-36)38-12-6-7-13-45(38)61-46)35-19-16-29(17-20-35)30-18-22-43-40(25-30)41-26-32-14-15-33-24-31-8-4-5-11-37(31)47(33)39(32)28-44(41)55(43)34-9-2-1-3-10-34;2*1-2/h1-2,4-9,11-23,25-28,56-60H,3,10,24H2;1-2H3;1-2H2. The lowest BCUT2D eigenvalue weighted by Gasteiger charge is -2.27. The maximum atomic E-state index is 11.2. The molecule has 0 atom stereocenters. The van der Waals surface area contributed by atoms with Crippen LogP contribution in [0, 0.1) is 0 Å². The van der Waals surface area contributed by atoms with Crippen molar-refractivity contribution in [1.82, 2.24) is 4.57 Å². The molecule has 2 aliphatic rings. The fraction of sp³-hybridized carbons (Fsp3) is 0.0877. The monoisotopic (exact) mass is 854 g/mol. The average Bonchev–Trinajstić information content (AvgIpc) is 4.04. The summed E-state index contributed by atoms with van der Waals surface area (Å²) in [5.41, 5.74) is 12.9. The van der Waals surface area contributed by atoms with Crippen LogP contribution in [0.5, 0.6) is 28.7 Å². The van der Waals surface area contributed by atoms with Gasteiger partial charge in [0.15, 0.2) is 11.5 Å². The van der Waals surface area contributed by atoms with Crippen LogP contribution in [0.25, 0.3) is 82.5 Å². The topological polar surface area (TPSA) is 122 Å². The number of rotatable bonds is 5. The van der Waals surface area contributed by atoms with Crippen LogP contribution in [0.3, 0.4) is 0 Å². The molecule has 8 nitrogen and oxygen atoms in total. The lowest BCUT2D eigenvalue weighted by atomic mass is 9.96. The summed E-state index contributed by atoms with van der Waals surface area (Å²) in [6.07, 6.45) is 9.46. The minimum Gasteiger partial charge on any atom is -0.503 e. The van der Waals surface area contributed by atoms with Crippen molar-refractivity contribution in [2.24, 2.45) is 0 Å². The summed E-state index contributed by atoms with van der Waals surface area (Å²) in [7, 11) is 0. The molecule has 8 heteroatoms. The third-order valence-corrected chi connectivity index (χ3v) is 12.6. The molecule has 12 rings (SSSR count). The largest absolute Gasteiger partial charge is 0.503 e. The highest BCUT2D eigenvalue weighted by Crippen LogP contribution is 2.58. The second-order valence-corrected chi connectivity index (χ2v) is 16.0. The van der Waals surface area contributed by atoms with Crippen LogP contribution in [-0.2, 0) is 6.42 Å². The summed E-state index contributed by atoms with van der Waals surface area (Å²) in [6, 6.07) is 45.3. The van der Waals surface area contributed by atoms with Crippen molar-refractivity contribution < 1.29 is 29.9 Å². The van der Waals surface area contributed by atoms with Crippen LogP contribution >= 0.6 is 0 Å². The SMILES string of the molecule is C=C.CC.Oc1c(O)c(O)c(N(c2ccc(-c3ccc4c(c3)c3cc5ccc6c(c5cc3n4C3=CC=CCC3)-c3ccccc3C6)cc2)c2ccc3oc4ccccc4c3c2)c(O)c1O. The van der Waals surface area contributed by atoms with E-state index in [1.807, 2.05) is 68.4 Å². The first-order chi connectivity index (χ1) is 31.8. The van der Waals surface area contributed by atoms with E-state index >= 15 is 0 Å². The quantitative estimate of drug-likeness (QED) is 0.0664. The Labute approximate surface area is 375 Å². The summed E-state index contributed by atoms with van der Waals surface area (Å²) in [5, 5.41) is 60.6. The van der Waals surface area contributed by atoms with Gasteiger partial charge in [-0.25, -0.2) is 0 Å². The molecule has 0 bridgehead atoms. The molecule has 0 aliphatic heterocycles. The number of aromatic hydroxyl groups is 5. The molecule has 0 amide bonds. The van der Waals surface area contributed by atoms with Crippen LogP contribution in [-0.4, -0.2) is 30.1 Å². The van der Waals surface area contributed by atoms with Gasteiger partial charge in [-0.3, -0.25) is 0 Å². The predicted octanol–water partition coefficient (Wildman–Crippen LogP) is 15.1. The minimum atomic E-state index is -1.03. The van der Waals surface area contributed by atoms with Crippen LogP contribution in [0.15, 0.2) is 169 Å². The molecule has 0 spiro atoms. The van der Waals surface area contributed by atoms with Gasteiger partial charge in [-0.15, -0.1) is 13.2 Å². The second kappa shape index (κ2) is 16.1. The van der Waals surface area contributed by atoms with Gasteiger partial charge in [0.25, 0.3) is 0 Å². The summed E-state index contributed by atoms with van der Waals surface area (Å²) < 4.78 is 8.50. The van der Waals surface area contributed by atoms with Crippen molar-refractivity contribution in [3.63, 3.8) is 0 Å². The maximum absolute atomic E-state index is 11.2. The Morgan fingerprint density at radius 1 is 0.554 bits per heavy atom. The number of benzene rings is 8. The highest BCUT2D eigenvalue weighted by molar-refractivity contribution is 6.17. The molecule has 8 aromatic carbocycles. The zero-order valence-electron chi connectivity index (χ0n) is 36.0. The van der Waals surface area contributed by atoms with Crippen LogP contribution < -0.4 is 4.90 Å². The van der Waals surface area contributed by atoms with Crippen molar-refractivity contribution in [3.8, 4) is 51.0 Å². The van der Waals surface area contributed by atoms with Gasteiger partial charge < -0.3 is 39.4 Å². The van der Waals surface area contributed by atoms with E-state index in [0.29, 0.717) is 22.5 Å². The third kappa shape index (κ3) is 6.36. The Kier molecular flexibility index (Phi) is 10.1. The molecule has 0 fully saturated rings. The van der Waals surface area contributed by atoms with Gasteiger partial charge in [0.1, 0.15) is 16.9 Å². The number of aromatic nitrogens is 1. The molecule has 0 unspecified atom stereocenters. The number of nitrogens with zero attached hydrogens (tertiary/aromatic N) is 2. The summed E-state index contributed by atoms with van der Waals surface area (Å²) in [5.74, 6) is -4.56. The molecule has 0 saturated carbocycles. The van der Waals surface area contributed by atoms with Gasteiger partial charge in [-0.2, -0.15) is 0 Å². The first-order valence-electron chi connectivity index (χ1n) is 21.8. The van der Waals surface area contributed by atoms with Crippen molar-refractivity contribution in [2.75, 3.05) is 4.90 Å². The molecule has 2 heterocycles. The Bertz CT molecular complexity index is 3560. The molecule has 65 heavy (non-hydrogen) atoms. The van der Waals surface area contributed by atoms with E-state index in [9.17, 15) is 25.5 Å². The van der Waals surface area contributed by atoms with Gasteiger partial charge >= 0.3 is 0 Å². The molecule has 320 valence electrons. The number of para-hydroxylation sites is 1. The number of allylic oxidation sites excluding steroid dienone is 4. The first-order valence-corrected chi connectivity index (χ1v) is 21.8. The molecular weight excluding hydrogens is 809 g/mol. The number of phenols is 5. The average molecular weight is 855 g/mol. The van der Waals surface area contributed by atoms with Gasteiger partial charge in [0.2, 0.25) is 17.2 Å². The van der Waals surface area contributed by atoms with Gasteiger partial charge in [-0.1, -0.05) is 98.8 Å². The number of anilines is 3. The van der Waals surface area contributed by atoms with Gasteiger partial charge in [0.05, 0.1) is 11.0 Å². The van der Waals surface area contributed by atoms with Crippen molar-refractivity contribution in [3.05, 3.63) is 176 Å². The number of hydrogen-bond acceptors (Lipinski definition) is 7. The predicted molar refractivity (Wildman–Crippen MR) is 266 cm³/mol. The van der Waals surface area contributed by atoms with E-state index in [0.717, 1.165) is 52.1 Å². The summed E-state index contributed by atoms with van der Waals surface area (Å²) in [4.78, 5) is 1.53. The molecule has 0 radical (unpaired) electrons. The molecule has 10 aromatic rings. The molecule has 2 aromatic heterocycles. The molecule has 2 aliphatic carbocycles. The number of furan rings is 1. The van der Waals surface area contributed by atoms with Crippen molar-refractivity contribution >= 4 is 77.3 Å². The smallest absolute Gasteiger partial charge is 0.208 e. The Balaban J connectivity index is 0.00000121. The number of phenolic OH excluding ortho intramolecular Hbond substituents is 5. The number of fused-ring (bicyclic) bond motifs is 11. The van der Waals surface area contributed by atoms with E-state index in [-0.39, 0.29) is 5.69 Å². The zero-order valence-corrected chi connectivity index (χ0v) is 36.0. The Hall–Kier alpha value is -8.36. The highest BCUT2D eigenvalue weighted by Gasteiger charge is 2.30. The first kappa shape index (κ1) is 40.7. The van der Waals surface area contributed by atoms with Crippen LogP contribution in [0.2, 0.25) is 0 Å². The Morgan fingerprint density at radius 3 is 2.00 bits per heavy atom. The highest BCUT2D eigenvalue weighted by atomic mass is 16.4. The Morgan fingerprint density at radius 2 is 1.23 bits per heavy atom.